The van der Waals surface area contributed by atoms with E-state index in [4.69, 9.17) is 9.47 Å². The van der Waals surface area contributed by atoms with Gasteiger partial charge >= 0.3 is 0 Å². The zero-order valence-electron chi connectivity index (χ0n) is 32.9. The SMILES string of the molecule is CCC(C)C(C(CC(=O)N1CCCC1C(OC)C(C)C(=O)NCCc1ccccc1)OC)N(C)C(=O)[C@@H](NC(=O)C(C(C)C)N(C)C)C(C)C. The standard InChI is InChI=1S/C39H67N5O6/c1-13-27(6)35(43(10)39(48)33(25(2)3)41-38(47)34(26(4)5)42(8)9)31(49-11)24-32(45)44-23-17-20-30(44)36(50-12)28(7)37(46)40-22-21-29-18-15-14-16-19-29/h14-16,18-19,25-28,30-31,33-36H,13,17,20-24H2,1-12H3,(H,40,46)(H,41,47)/t27?,28?,30?,31?,33-,34?,35?,36?/m0/s1. The van der Waals surface area contributed by atoms with Crippen LogP contribution < -0.4 is 10.6 Å². The summed E-state index contributed by atoms with van der Waals surface area (Å²) in [6.07, 6.45) is 2.06. The molecule has 2 rings (SSSR count). The second kappa shape index (κ2) is 20.7. The number of likely N-dealkylation sites (N-methyl/N-ethyl adjacent to an activating group) is 2. The van der Waals surface area contributed by atoms with Gasteiger partial charge in [-0.3, -0.25) is 24.1 Å². The van der Waals surface area contributed by atoms with Crippen LogP contribution in [0.25, 0.3) is 0 Å². The van der Waals surface area contributed by atoms with Gasteiger partial charge in [-0.15, -0.1) is 0 Å². The molecule has 0 radical (unpaired) electrons. The third kappa shape index (κ3) is 11.5. The lowest BCUT2D eigenvalue weighted by Crippen LogP contribution is -2.59. The Kier molecular flexibility index (Phi) is 17.9. The highest BCUT2D eigenvalue weighted by Gasteiger charge is 2.43. The van der Waals surface area contributed by atoms with E-state index in [0.717, 1.165) is 31.2 Å². The Balaban J connectivity index is 2.21. The lowest BCUT2D eigenvalue weighted by Gasteiger charge is -2.41. The molecule has 0 spiro atoms. The van der Waals surface area contributed by atoms with Crippen molar-refractivity contribution in [2.45, 2.75) is 117 Å². The van der Waals surface area contributed by atoms with E-state index >= 15 is 0 Å². The Hall–Kier alpha value is -3.02. The minimum Gasteiger partial charge on any atom is -0.379 e. The molecule has 1 heterocycles. The van der Waals surface area contributed by atoms with Crippen LogP contribution in [0.1, 0.15) is 79.7 Å². The van der Waals surface area contributed by atoms with E-state index in [0.29, 0.717) is 13.1 Å². The quantitative estimate of drug-likeness (QED) is 0.211. The molecule has 1 aliphatic heterocycles. The first-order chi connectivity index (χ1) is 23.6. The van der Waals surface area contributed by atoms with Crippen LogP contribution in [0.3, 0.4) is 0 Å². The molecule has 0 aliphatic carbocycles. The van der Waals surface area contributed by atoms with E-state index < -0.39 is 30.2 Å². The second-order valence-corrected chi connectivity index (χ2v) is 15.0. The fraction of sp³-hybridized carbons (Fsp3) is 0.744. The van der Waals surface area contributed by atoms with Crippen LogP contribution in [-0.2, 0) is 35.1 Å². The molecule has 1 aliphatic rings. The predicted octanol–water partition coefficient (Wildman–Crippen LogP) is 3.99. The number of methoxy groups -OCH3 is 2. The minimum atomic E-state index is -0.737. The molecule has 2 N–H and O–H groups in total. The summed E-state index contributed by atoms with van der Waals surface area (Å²) in [4.78, 5) is 60.3. The Morgan fingerprint density at radius 1 is 0.920 bits per heavy atom. The molecule has 284 valence electrons. The van der Waals surface area contributed by atoms with Gasteiger partial charge in [0.1, 0.15) is 6.04 Å². The zero-order chi connectivity index (χ0) is 37.7. The lowest BCUT2D eigenvalue weighted by atomic mass is 9.89. The van der Waals surface area contributed by atoms with Crippen LogP contribution in [0, 0.1) is 23.7 Å². The smallest absolute Gasteiger partial charge is 0.245 e. The van der Waals surface area contributed by atoms with Gasteiger partial charge in [-0.25, -0.2) is 0 Å². The molecule has 50 heavy (non-hydrogen) atoms. The van der Waals surface area contributed by atoms with Crippen molar-refractivity contribution in [3.8, 4) is 0 Å². The summed E-state index contributed by atoms with van der Waals surface area (Å²) < 4.78 is 11.9. The number of hydrogen-bond acceptors (Lipinski definition) is 7. The molecule has 4 amide bonds. The Labute approximate surface area is 302 Å². The number of likely N-dealkylation sites (tertiary alicyclic amines) is 1. The van der Waals surface area contributed by atoms with E-state index in [-0.39, 0.29) is 59.9 Å². The van der Waals surface area contributed by atoms with Crippen LogP contribution in [-0.4, -0.2) is 123 Å². The molecule has 11 nitrogen and oxygen atoms in total. The van der Waals surface area contributed by atoms with Crippen molar-refractivity contribution in [3.63, 3.8) is 0 Å². The van der Waals surface area contributed by atoms with Gasteiger partial charge < -0.3 is 29.9 Å². The third-order valence-corrected chi connectivity index (χ3v) is 10.5. The van der Waals surface area contributed by atoms with Gasteiger partial charge in [0.05, 0.1) is 42.7 Å². The fourth-order valence-electron chi connectivity index (χ4n) is 7.55. The molecule has 1 aromatic carbocycles. The number of ether oxygens (including phenoxy) is 2. The van der Waals surface area contributed by atoms with Gasteiger partial charge in [-0.05, 0) is 56.7 Å². The van der Waals surface area contributed by atoms with Crippen molar-refractivity contribution in [3.05, 3.63) is 35.9 Å². The number of nitrogens with one attached hydrogen (secondary N) is 2. The third-order valence-electron chi connectivity index (χ3n) is 10.5. The molecule has 0 aromatic heterocycles. The first-order valence-electron chi connectivity index (χ1n) is 18.5. The Bertz CT molecular complexity index is 1200. The maximum atomic E-state index is 14.2. The number of carbonyl (C=O) groups is 4. The van der Waals surface area contributed by atoms with Crippen LogP contribution in [0.5, 0.6) is 0 Å². The number of carbonyl (C=O) groups excluding carboxylic acids is 4. The summed E-state index contributed by atoms with van der Waals surface area (Å²) in [5, 5.41) is 6.09. The predicted molar refractivity (Wildman–Crippen MR) is 198 cm³/mol. The molecule has 8 atom stereocenters. The summed E-state index contributed by atoms with van der Waals surface area (Å²) in [6, 6.07) is 8.23. The molecule has 1 fully saturated rings. The van der Waals surface area contributed by atoms with Gasteiger partial charge in [0, 0.05) is 34.4 Å². The van der Waals surface area contributed by atoms with Crippen molar-refractivity contribution in [1.82, 2.24) is 25.3 Å². The number of nitrogens with zero attached hydrogens (tertiary/aromatic N) is 3. The van der Waals surface area contributed by atoms with Crippen molar-refractivity contribution in [2.24, 2.45) is 23.7 Å². The molecular weight excluding hydrogens is 634 g/mol. The topological polar surface area (TPSA) is 121 Å². The van der Waals surface area contributed by atoms with Gasteiger partial charge in [-0.1, -0.05) is 85.2 Å². The van der Waals surface area contributed by atoms with Crippen molar-refractivity contribution in [1.29, 1.82) is 0 Å². The zero-order valence-corrected chi connectivity index (χ0v) is 32.9. The number of amides is 4. The van der Waals surface area contributed by atoms with Crippen LogP contribution in [0.2, 0.25) is 0 Å². The minimum absolute atomic E-state index is 0.0103. The highest BCUT2D eigenvalue weighted by atomic mass is 16.5. The summed E-state index contributed by atoms with van der Waals surface area (Å²) in [6.45, 7) is 14.9. The summed E-state index contributed by atoms with van der Waals surface area (Å²) >= 11 is 0. The average Bonchev–Trinajstić information content (AvgIpc) is 3.56. The van der Waals surface area contributed by atoms with Crippen molar-refractivity contribution in [2.75, 3.05) is 48.5 Å². The number of hydrogen-bond donors (Lipinski definition) is 2. The van der Waals surface area contributed by atoms with Crippen LogP contribution in [0.4, 0.5) is 0 Å². The highest BCUT2D eigenvalue weighted by Crippen LogP contribution is 2.29. The lowest BCUT2D eigenvalue weighted by molar-refractivity contribution is -0.148. The highest BCUT2D eigenvalue weighted by molar-refractivity contribution is 5.90. The van der Waals surface area contributed by atoms with E-state index in [1.807, 2.05) is 88.8 Å². The van der Waals surface area contributed by atoms with E-state index in [9.17, 15) is 19.2 Å². The number of benzene rings is 1. The van der Waals surface area contributed by atoms with E-state index in [1.165, 1.54) is 0 Å². The summed E-state index contributed by atoms with van der Waals surface area (Å²) in [5.41, 5.74) is 1.15. The summed E-state index contributed by atoms with van der Waals surface area (Å²) in [5.74, 6) is -1.13. The van der Waals surface area contributed by atoms with Crippen LogP contribution >= 0.6 is 0 Å². The maximum Gasteiger partial charge on any atom is 0.245 e. The molecule has 0 saturated carbocycles. The number of rotatable bonds is 20. The van der Waals surface area contributed by atoms with E-state index in [2.05, 4.69) is 24.5 Å². The Morgan fingerprint density at radius 2 is 1.56 bits per heavy atom. The van der Waals surface area contributed by atoms with Crippen LogP contribution in [0.15, 0.2) is 30.3 Å². The van der Waals surface area contributed by atoms with Gasteiger partial charge in [0.15, 0.2) is 0 Å². The largest absolute Gasteiger partial charge is 0.379 e. The van der Waals surface area contributed by atoms with Gasteiger partial charge in [0.25, 0.3) is 0 Å². The molecular formula is C39H67N5O6. The Morgan fingerprint density at radius 3 is 2.08 bits per heavy atom. The van der Waals surface area contributed by atoms with Gasteiger partial charge in [-0.2, -0.15) is 0 Å². The fourth-order valence-corrected chi connectivity index (χ4v) is 7.55. The molecule has 1 aromatic rings. The van der Waals surface area contributed by atoms with Gasteiger partial charge in [0.2, 0.25) is 23.6 Å². The average molecular weight is 702 g/mol. The molecule has 11 heteroatoms. The van der Waals surface area contributed by atoms with E-state index in [1.54, 1.807) is 26.2 Å². The first-order valence-corrected chi connectivity index (χ1v) is 18.5. The maximum absolute atomic E-state index is 14.2. The van der Waals surface area contributed by atoms with Crippen molar-refractivity contribution >= 4 is 23.6 Å². The molecule has 7 unspecified atom stereocenters. The summed E-state index contributed by atoms with van der Waals surface area (Å²) in [7, 11) is 8.66. The molecule has 1 saturated heterocycles. The molecule has 0 bridgehead atoms. The monoisotopic (exact) mass is 702 g/mol. The second-order valence-electron chi connectivity index (χ2n) is 15.0. The first kappa shape index (κ1) is 43.1. The van der Waals surface area contributed by atoms with Crippen molar-refractivity contribution < 1.29 is 28.7 Å². The normalized spacial score (nSPS) is 19.1.